The Balaban J connectivity index is 0.00000220. The van der Waals surface area contributed by atoms with Gasteiger partial charge in [-0.15, -0.1) is 12.4 Å². The first-order valence-electron chi connectivity index (χ1n) is 6.45. The maximum Gasteiger partial charge on any atom is 0.243 e. The molecular weight excluding hydrogens is 316 g/mol. The van der Waals surface area contributed by atoms with Crippen LogP contribution < -0.4 is 14.8 Å². The van der Waals surface area contributed by atoms with Gasteiger partial charge >= 0.3 is 0 Å². The fraction of sp³-hybridized carbons (Fsp3) is 0.538. The zero-order chi connectivity index (χ0) is 14.8. The zero-order valence-electron chi connectivity index (χ0n) is 12.3. The molecule has 1 aromatic rings. The predicted molar refractivity (Wildman–Crippen MR) is 83.0 cm³/mol. The van der Waals surface area contributed by atoms with Crippen LogP contribution in [0.4, 0.5) is 0 Å². The third-order valence-electron chi connectivity index (χ3n) is 3.40. The van der Waals surface area contributed by atoms with E-state index in [1.165, 1.54) is 24.6 Å². The molecule has 120 valence electrons. The Labute approximate surface area is 131 Å². The van der Waals surface area contributed by atoms with E-state index in [0.29, 0.717) is 31.1 Å². The average Bonchev–Trinajstić information content (AvgIpc) is 2.46. The fourth-order valence-electron chi connectivity index (χ4n) is 2.29. The summed E-state index contributed by atoms with van der Waals surface area (Å²) in [5, 5.41) is 3.18. The number of ether oxygens (including phenoxy) is 2. The minimum atomic E-state index is -3.51. The fourth-order valence-corrected chi connectivity index (χ4v) is 3.94. The van der Waals surface area contributed by atoms with Crippen LogP contribution in [0.5, 0.6) is 11.5 Å². The van der Waals surface area contributed by atoms with Crippen LogP contribution in [-0.4, -0.2) is 52.6 Å². The van der Waals surface area contributed by atoms with Crippen LogP contribution in [-0.2, 0) is 10.0 Å². The molecule has 0 radical (unpaired) electrons. The first kappa shape index (κ1) is 18.0. The normalized spacial score (nSPS) is 19.7. The van der Waals surface area contributed by atoms with Crippen molar-refractivity contribution >= 4 is 22.4 Å². The van der Waals surface area contributed by atoms with Crippen molar-refractivity contribution in [3.63, 3.8) is 0 Å². The summed E-state index contributed by atoms with van der Waals surface area (Å²) >= 11 is 0. The molecule has 0 saturated carbocycles. The lowest BCUT2D eigenvalue weighted by molar-refractivity contribution is 0.283. The van der Waals surface area contributed by atoms with Crippen LogP contribution >= 0.6 is 12.4 Å². The second-order valence-corrected chi connectivity index (χ2v) is 6.58. The summed E-state index contributed by atoms with van der Waals surface area (Å²) in [6, 6.07) is 4.59. The molecule has 6 nitrogen and oxygen atoms in total. The molecular formula is C13H21ClN2O4S. The van der Waals surface area contributed by atoms with E-state index in [1.54, 1.807) is 12.1 Å². The minimum absolute atomic E-state index is 0. The topological polar surface area (TPSA) is 67.9 Å². The highest BCUT2D eigenvalue weighted by molar-refractivity contribution is 7.89. The molecule has 0 aromatic heterocycles. The van der Waals surface area contributed by atoms with Crippen molar-refractivity contribution in [2.75, 3.05) is 33.9 Å². The summed E-state index contributed by atoms with van der Waals surface area (Å²) in [4.78, 5) is 0.226. The number of piperazine rings is 1. The number of hydrogen-bond donors (Lipinski definition) is 1. The molecule has 1 saturated heterocycles. The Morgan fingerprint density at radius 1 is 1.24 bits per heavy atom. The number of halogens is 1. The van der Waals surface area contributed by atoms with Crippen LogP contribution in [0.3, 0.4) is 0 Å². The Morgan fingerprint density at radius 2 is 1.90 bits per heavy atom. The molecule has 0 spiro atoms. The van der Waals surface area contributed by atoms with E-state index in [4.69, 9.17) is 9.47 Å². The SMILES string of the molecule is COc1ccc(S(=O)(=O)N2CCNC[C@H]2C)cc1OC.Cl. The van der Waals surface area contributed by atoms with Crippen molar-refractivity contribution in [3.8, 4) is 11.5 Å². The van der Waals surface area contributed by atoms with Crippen molar-refractivity contribution in [2.24, 2.45) is 0 Å². The molecule has 1 aromatic carbocycles. The van der Waals surface area contributed by atoms with E-state index in [2.05, 4.69) is 5.32 Å². The molecule has 1 heterocycles. The van der Waals surface area contributed by atoms with E-state index in [1.807, 2.05) is 6.92 Å². The lowest BCUT2D eigenvalue weighted by atomic mass is 10.3. The van der Waals surface area contributed by atoms with Crippen LogP contribution in [0.25, 0.3) is 0 Å². The highest BCUT2D eigenvalue weighted by atomic mass is 35.5. The molecule has 0 bridgehead atoms. The average molecular weight is 337 g/mol. The molecule has 0 aliphatic carbocycles. The van der Waals surface area contributed by atoms with Gasteiger partial charge in [-0.1, -0.05) is 0 Å². The molecule has 8 heteroatoms. The number of nitrogens with one attached hydrogen (secondary N) is 1. The van der Waals surface area contributed by atoms with Crippen LogP contribution in [0.1, 0.15) is 6.92 Å². The van der Waals surface area contributed by atoms with Gasteiger partial charge in [-0.3, -0.25) is 0 Å². The van der Waals surface area contributed by atoms with Gasteiger partial charge in [0.15, 0.2) is 11.5 Å². The highest BCUT2D eigenvalue weighted by Crippen LogP contribution is 2.31. The van der Waals surface area contributed by atoms with Gasteiger partial charge in [0.25, 0.3) is 0 Å². The number of sulfonamides is 1. The number of methoxy groups -OCH3 is 2. The van der Waals surface area contributed by atoms with E-state index in [0.717, 1.165) is 0 Å². The predicted octanol–water partition coefficient (Wildman–Crippen LogP) is 1.11. The van der Waals surface area contributed by atoms with Gasteiger partial charge in [0.1, 0.15) is 0 Å². The third kappa shape index (κ3) is 3.60. The summed E-state index contributed by atoms with van der Waals surface area (Å²) in [6.07, 6.45) is 0. The lowest BCUT2D eigenvalue weighted by Gasteiger charge is -2.32. The number of rotatable bonds is 4. The first-order chi connectivity index (χ1) is 9.50. The van der Waals surface area contributed by atoms with Crippen molar-refractivity contribution < 1.29 is 17.9 Å². The standard InChI is InChI=1S/C13H20N2O4S.ClH/c1-10-9-14-6-7-15(10)20(16,17)11-4-5-12(18-2)13(8-11)19-3;/h4-5,8,10,14H,6-7,9H2,1-3H3;1H/t10-;/m1./s1. The van der Waals surface area contributed by atoms with Crippen molar-refractivity contribution in [1.82, 2.24) is 9.62 Å². The van der Waals surface area contributed by atoms with Gasteiger partial charge in [0.05, 0.1) is 19.1 Å². The molecule has 0 amide bonds. The van der Waals surface area contributed by atoms with E-state index < -0.39 is 10.0 Å². The maximum atomic E-state index is 12.7. The second kappa shape index (κ2) is 7.31. The van der Waals surface area contributed by atoms with Crippen molar-refractivity contribution in [3.05, 3.63) is 18.2 Å². The van der Waals surface area contributed by atoms with Gasteiger partial charge in [-0.05, 0) is 19.1 Å². The third-order valence-corrected chi connectivity index (χ3v) is 5.41. The van der Waals surface area contributed by atoms with E-state index in [9.17, 15) is 8.42 Å². The van der Waals surface area contributed by atoms with Gasteiger partial charge < -0.3 is 14.8 Å². The molecule has 0 unspecified atom stereocenters. The first-order valence-corrected chi connectivity index (χ1v) is 7.89. The molecule has 2 rings (SSSR count). The van der Waals surface area contributed by atoms with Gasteiger partial charge in [-0.25, -0.2) is 8.42 Å². The molecule has 1 N–H and O–H groups in total. The summed E-state index contributed by atoms with van der Waals surface area (Å²) in [5.41, 5.74) is 0. The monoisotopic (exact) mass is 336 g/mol. The number of nitrogens with zero attached hydrogens (tertiary/aromatic N) is 1. The summed E-state index contributed by atoms with van der Waals surface area (Å²) in [7, 11) is -0.505. The van der Waals surface area contributed by atoms with E-state index >= 15 is 0 Å². The van der Waals surface area contributed by atoms with Gasteiger partial charge in [-0.2, -0.15) is 4.31 Å². The Hall–Kier alpha value is -1.02. The van der Waals surface area contributed by atoms with Gasteiger partial charge in [0, 0.05) is 31.7 Å². The molecule has 1 aliphatic rings. The van der Waals surface area contributed by atoms with Crippen molar-refractivity contribution in [1.29, 1.82) is 0 Å². The number of benzene rings is 1. The zero-order valence-corrected chi connectivity index (χ0v) is 14.0. The quantitative estimate of drug-likeness (QED) is 0.892. The van der Waals surface area contributed by atoms with Crippen LogP contribution in [0.2, 0.25) is 0 Å². The molecule has 1 aliphatic heterocycles. The second-order valence-electron chi connectivity index (χ2n) is 4.69. The Kier molecular flexibility index (Phi) is 6.27. The van der Waals surface area contributed by atoms with Gasteiger partial charge in [0.2, 0.25) is 10.0 Å². The highest BCUT2D eigenvalue weighted by Gasteiger charge is 2.31. The van der Waals surface area contributed by atoms with Crippen molar-refractivity contribution in [2.45, 2.75) is 17.9 Å². The van der Waals surface area contributed by atoms with Crippen LogP contribution in [0.15, 0.2) is 23.1 Å². The Bertz CT molecular complexity index is 580. The summed E-state index contributed by atoms with van der Waals surface area (Å²) in [5.74, 6) is 0.927. The Morgan fingerprint density at radius 3 is 2.48 bits per heavy atom. The largest absolute Gasteiger partial charge is 0.493 e. The summed E-state index contributed by atoms with van der Waals surface area (Å²) < 4.78 is 37.1. The number of hydrogen-bond acceptors (Lipinski definition) is 5. The molecule has 1 fully saturated rings. The lowest BCUT2D eigenvalue weighted by Crippen LogP contribution is -2.52. The smallest absolute Gasteiger partial charge is 0.243 e. The van der Waals surface area contributed by atoms with Crippen LogP contribution in [0, 0.1) is 0 Å². The summed E-state index contributed by atoms with van der Waals surface area (Å²) in [6.45, 7) is 3.69. The van der Waals surface area contributed by atoms with E-state index in [-0.39, 0.29) is 23.3 Å². The minimum Gasteiger partial charge on any atom is -0.493 e. The maximum absolute atomic E-state index is 12.7. The molecule has 21 heavy (non-hydrogen) atoms. The molecule has 1 atom stereocenters.